The van der Waals surface area contributed by atoms with E-state index in [4.69, 9.17) is 5.11 Å². The lowest BCUT2D eigenvalue weighted by molar-refractivity contribution is -0.155. The number of carbonyl (C=O) groups is 2. The van der Waals surface area contributed by atoms with Crippen LogP contribution in [-0.4, -0.2) is 41.3 Å². The molecule has 1 aromatic carbocycles. The molecule has 14 heteroatoms. The fourth-order valence-corrected chi connectivity index (χ4v) is 6.23. The minimum atomic E-state index is -4.75. The van der Waals surface area contributed by atoms with Gasteiger partial charge in [0.15, 0.2) is 0 Å². The van der Waals surface area contributed by atoms with Gasteiger partial charge in [-0.3, -0.25) is 9.59 Å². The van der Waals surface area contributed by atoms with E-state index in [2.05, 4.69) is 14.4 Å². The molecule has 2 heterocycles. The van der Waals surface area contributed by atoms with Crippen molar-refractivity contribution in [2.75, 3.05) is 0 Å². The van der Waals surface area contributed by atoms with Crippen molar-refractivity contribution in [2.45, 2.75) is 34.7 Å². The molecule has 9 nitrogen and oxygen atoms in total. The molecular weight excluding hydrogens is 501 g/mol. The van der Waals surface area contributed by atoms with Gasteiger partial charge < -0.3 is 14.7 Å². The molecule has 0 saturated heterocycles. The summed E-state index contributed by atoms with van der Waals surface area (Å²) in [7, 11) is -4.37. The average Bonchev–Trinajstić information content (AvgIpc) is 3.10. The van der Waals surface area contributed by atoms with E-state index in [-0.39, 0.29) is 27.6 Å². The Morgan fingerprint density at radius 3 is 2.56 bits per heavy atom. The lowest BCUT2D eigenvalue weighted by Crippen LogP contribution is -2.44. The molecule has 1 aliphatic carbocycles. The molecule has 0 aliphatic heterocycles. The highest BCUT2D eigenvalue weighted by atomic mass is 32.2. The fraction of sp³-hybridized carbons (Fsp3) is 0.250. The summed E-state index contributed by atoms with van der Waals surface area (Å²) in [6.45, 7) is 0. The van der Waals surface area contributed by atoms with Gasteiger partial charge in [-0.25, -0.2) is 8.42 Å². The molecule has 2 aromatic heterocycles. The second-order valence-electron chi connectivity index (χ2n) is 7.65. The van der Waals surface area contributed by atoms with Crippen LogP contribution in [0.2, 0.25) is 0 Å². The lowest BCUT2D eigenvalue weighted by Gasteiger charge is -2.15. The zero-order valence-corrected chi connectivity index (χ0v) is 18.5. The smallest absolute Gasteiger partial charge is 0.452 e. The minimum Gasteiger partial charge on any atom is -0.481 e. The average molecular weight is 516 g/mol. The number of aromatic nitrogens is 1. The van der Waals surface area contributed by atoms with Crippen molar-refractivity contribution in [1.29, 1.82) is 0 Å². The maximum absolute atomic E-state index is 12.9. The maximum Gasteiger partial charge on any atom is 0.452 e. The first-order chi connectivity index (χ1) is 15.8. The third-order valence-electron chi connectivity index (χ3n) is 5.26. The molecule has 3 aromatic rings. The van der Waals surface area contributed by atoms with Crippen LogP contribution in [0.4, 0.5) is 13.2 Å². The maximum atomic E-state index is 12.9. The summed E-state index contributed by atoms with van der Waals surface area (Å²) < 4.78 is 70.2. The van der Waals surface area contributed by atoms with Gasteiger partial charge in [-0.15, -0.1) is 11.3 Å². The zero-order chi connectivity index (χ0) is 24.9. The number of aliphatic carboxylic acids is 2. The Labute approximate surface area is 193 Å². The third kappa shape index (κ3) is 4.56. The molecule has 0 bridgehead atoms. The van der Waals surface area contributed by atoms with Crippen molar-refractivity contribution in [3.05, 3.63) is 59.4 Å². The summed E-state index contributed by atoms with van der Waals surface area (Å²) >= 11 is 0.605. The minimum absolute atomic E-state index is 0.0610. The second-order valence-corrected chi connectivity index (χ2v) is 10.6. The summed E-state index contributed by atoms with van der Waals surface area (Å²) in [5.41, 5.74) is -1.15. The summed E-state index contributed by atoms with van der Waals surface area (Å²) in [5, 5.41) is 22.0. The molecule has 0 radical (unpaired) electrons. The topological polar surface area (TPSA) is 147 Å². The predicted molar refractivity (Wildman–Crippen MR) is 111 cm³/mol. The Morgan fingerprint density at radius 2 is 1.94 bits per heavy atom. The molecule has 1 aliphatic rings. The van der Waals surface area contributed by atoms with Crippen molar-refractivity contribution >= 4 is 33.3 Å². The van der Waals surface area contributed by atoms with E-state index in [9.17, 15) is 36.3 Å². The lowest BCUT2D eigenvalue weighted by atomic mass is 10.0. The Balaban J connectivity index is 1.57. The molecule has 180 valence electrons. The largest absolute Gasteiger partial charge is 0.481 e. The van der Waals surface area contributed by atoms with Gasteiger partial charge >= 0.3 is 18.1 Å². The monoisotopic (exact) mass is 516 g/mol. The van der Waals surface area contributed by atoms with Crippen LogP contribution in [0.25, 0.3) is 10.6 Å². The number of alkyl halides is 3. The van der Waals surface area contributed by atoms with Crippen molar-refractivity contribution in [3.63, 3.8) is 0 Å². The van der Waals surface area contributed by atoms with Crippen molar-refractivity contribution in [3.8, 4) is 10.6 Å². The first-order valence-electron chi connectivity index (χ1n) is 9.54. The molecule has 1 fully saturated rings. The number of benzene rings is 1. The van der Waals surface area contributed by atoms with E-state index in [0.717, 1.165) is 6.07 Å². The van der Waals surface area contributed by atoms with E-state index >= 15 is 0 Å². The molecule has 0 spiro atoms. The number of carboxylic acids is 2. The Kier molecular flexibility index (Phi) is 5.78. The van der Waals surface area contributed by atoms with Crippen molar-refractivity contribution in [1.82, 2.24) is 9.88 Å². The van der Waals surface area contributed by atoms with Gasteiger partial charge in [0.1, 0.15) is 15.4 Å². The van der Waals surface area contributed by atoms with E-state index in [1.807, 2.05) is 0 Å². The summed E-state index contributed by atoms with van der Waals surface area (Å²) in [6, 6.07) is 9.23. The van der Waals surface area contributed by atoms with Gasteiger partial charge in [-0.05, 0) is 29.7 Å². The number of hydrogen-bond donors (Lipinski definition) is 3. The number of halogens is 3. The molecule has 4 rings (SSSR count). The highest BCUT2D eigenvalue weighted by Crippen LogP contribution is 2.53. The summed E-state index contributed by atoms with van der Waals surface area (Å²) in [4.78, 5) is 23.0. The van der Waals surface area contributed by atoms with E-state index < -0.39 is 45.4 Å². The third-order valence-corrected chi connectivity index (χ3v) is 8.37. The van der Waals surface area contributed by atoms with Crippen LogP contribution >= 0.6 is 11.3 Å². The van der Waals surface area contributed by atoms with Crippen LogP contribution in [0.1, 0.15) is 29.2 Å². The molecule has 1 saturated carbocycles. The molecule has 0 amide bonds. The first-order valence-corrected chi connectivity index (χ1v) is 11.8. The van der Waals surface area contributed by atoms with Crippen molar-refractivity contribution < 1.29 is 45.9 Å². The molecular formula is C20H15F3N2O7S2. The normalized spacial score (nSPS) is 20.3. The Bertz CT molecular complexity index is 1380. The second kappa shape index (κ2) is 8.21. The van der Waals surface area contributed by atoms with Crippen molar-refractivity contribution in [2.24, 2.45) is 0 Å². The summed E-state index contributed by atoms with van der Waals surface area (Å²) in [5.74, 6) is -4.55. The van der Waals surface area contributed by atoms with E-state index in [0.29, 0.717) is 28.5 Å². The summed E-state index contributed by atoms with van der Waals surface area (Å²) in [6.07, 6.45) is -5.09. The Morgan fingerprint density at radius 1 is 1.21 bits per heavy atom. The molecule has 2 atom stereocenters. The van der Waals surface area contributed by atoms with E-state index in [1.165, 1.54) is 12.1 Å². The molecule has 0 unspecified atom stereocenters. The standard InChI is InChI=1S/C20H15F3N2O7S2/c21-20(22,23)15-8-13(24-32-15)14-4-5-17(33-14)34(30,31)25-19(18(28)29)9-12(19)11-3-1-2-10(6-11)7-16(26)27/h1-6,8,12,25H,7,9H2,(H,26,27)(H,28,29)/t12-,19+/m0/s1. The SMILES string of the molecule is O=C(O)Cc1cccc([C@@H]2C[C@]2(NS(=O)(=O)c2ccc(-c3cc(C(F)(F)F)on3)s2)C(=O)O)c1. The number of carboxylic acid groups (broad SMARTS) is 2. The molecule has 3 N–H and O–H groups in total. The highest BCUT2D eigenvalue weighted by molar-refractivity contribution is 7.91. The van der Waals surface area contributed by atoms with Crippen LogP contribution in [0.15, 0.2) is 51.2 Å². The number of nitrogens with one attached hydrogen (secondary N) is 1. The predicted octanol–water partition coefficient (Wildman–Crippen LogP) is 3.34. The van der Waals surface area contributed by atoms with Gasteiger partial charge in [-0.1, -0.05) is 29.4 Å². The van der Waals surface area contributed by atoms with Gasteiger partial charge in [-0.2, -0.15) is 17.9 Å². The number of sulfonamides is 1. The number of nitrogens with zero attached hydrogens (tertiary/aromatic N) is 1. The fourth-order valence-electron chi connectivity index (χ4n) is 3.57. The Hall–Kier alpha value is -3.23. The number of rotatable bonds is 8. The van der Waals surface area contributed by atoms with Crippen LogP contribution in [-0.2, 0) is 32.2 Å². The molecule has 34 heavy (non-hydrogen) atoms. The highest BCUT2D eigenvalue weighted by Gasteiger charge is 2.63. The van der Waals surface area contributed by atoms with Gasteiger partial charge in [0.05, 0.1) is 11.3 Å². The van der Waals surface area contributed by atoms with Crippen LogP contribution in [0, 0.1) is 0 Å². The number of hydrogen-bond acceptors (Lipinski definition) is 7. The quantitative estimate of drug-likeness (QED) is 0.413. The zero-order valence-electron chi connectivity index (χ0n) is 16.9. The van der Waals surface area contributed by atoms with Crippen LogP contribution in [0.3, 0.4) is 0 Å². The van der Waals surface area contributed by atoms with Gasteiger partial charge in [0.2, 0.25) is 5.76 Å². The van der Waals surface area contributed by atoms with E-state index in [1.54, 1.807) is 18.2 Å². The van der Waals surface area contributed by atoms with Gasteiger partial charge in [0.25, 0.3) is 10.0 Å². The van der Waals surface area contributed by atoms with Crippen LogP contribution in [0.5, 0.6) is 0 Å². The van der Waals surface area contributed by atoms with Gasteiger partial charge in [0, 0.05) is 12.0 Å². The number of thiophene rings is 1. The first kappa shape index (κ1) is 23.9. The van der Waals surface area contributed by atoms with Crippen LogP contribution < -0.4 is 4.72 Å².